The summed E-state index contributed by atoms with van der Waals surface area (Å²) < 4.78 is 10.6. The number of likely N-dealkylation sites (tertiary alicyclic amines) is 1. The Morgan fingerprint density at radius 3 is 2.52 bits per heavy atom. The Morgan fingerprint density at radius 1 is 1.13 bits per heavy atom. The topological polar surface area (TPSA) is 88.2 Å². The summed E-state index contributed by atoms with van der Waals surface area (Å²) >= 11 is 0. The van der Waals surface area contributed by atoms with Crippen LogP contribution in [0.4, 0.5) is 4.79 Å². The quantitative estimate of drug-likeness (QED) is 0.670. The average molecular weight is 430 g/mol. The molecule has 0 radical (unpaired) electrons. The fraction of sp³-hybridized carbons (Fsp3) is 0.522. The molecule has 2 aliphatic rings. The largest absolute Gasteiger partial charge is 0.466 e. The van der Waals surface area contributed by atoms with Crippen molar-refractivity contribution in [2.24, 2.45) is 5.92 Å². The molecule has 2 aliphatic heterocycles. The minimum atomic E-state index is -0.593. The zero-order valence-electron chi connectivity index (χ0n) is 18.4. The summed E-state index contributed by atoms with van der Waals surface area (Å²) in [7, 11) is 1.65. The Balaban J connectivity index is 1.94. The molecule has 168 valence electrons. The number of urea groups is 1. The van der Waals surface area contributed by atoms with E-state index >= 15 is 0 Å². The number of hydrogen-bond acceptors (Lipinski definition) is 6. The van der Waals surface area contributed by atoms with Crippen molar-refractivity contribution >= 4 is 18.0 Å². The molecular weight excluding hydrogens is 398 g/mol. The third kappa shape index (κ3) is 5.25. The molecule has 1 N–H and O–H groups in total. The second-order valence-electron chi connectivity index (χ2n) is 7.76. The number of nitrogens with one attached hydrogen (secondary N) is 1. The molecule has 2 amide bonds. The predicted molar refractivity (Wildman–Crippen MR) is 115 cm³/mol. The number of nitrogens with zero attached hydrogens (tertiary/aromatic N) is 2. The normalized spacial score (nSPS) is 22.2. The molecule has 1 saturated heterocycles. The van der Waals surface area contributed by atoms with E-state index in [-0.39, 0.29) is 24.5 Å². The van der Waals surface area contributed by atoms with E-state index in [2.05, 4.69) is 10.2 Å². The number of likely N-dealkylation sites (N-methyl/N-ethyl adjacent to an activating group) is 1. The summed E-state index contributed by atoms with van der Waals surface area (Å²) in [6, 6.07) is 8.52. The van der Waals surface area contributed by atoms with Crippen molar-refractivity contribution in [3.8, 4) is 0 Å². The summed E-state index contributed by atoms with van der Waals surface area (Å²) in [5.74, 6) is -0.839. The van der Waals surface area contributed by atoms with Crippen LogP contribution < -0.4 is 5.32 Å². The van der Waals surface area contributed by atoms with Crippen molar-refractivity contribution < 1.29 is 23.9 Å². The van der Waals surface area contributed by atoms with Gasteiger partial charge in [0.1, 0.15) is 0 Å². The van der Waals surface area contributed by atoms with Gasteiger partial charge in [0.2, 0.25) is 0 Å². The van der Waals surface area contributed by atoms with Crippen LogP contribution in [0.15, 0.2) is 41.6 Å². The number of carbonyl (C=O) groups excluding carboxylic acids is 3. The molecule has 0 aromatic heterocycles. The first-order valence-corrected chi connectivity index (χ1v) is 10.8. The lowest BCUT2D eigenvalue weighted by molar-refractivity contribution is -0.150. The number of ether oxygens (including phenoxy) is 2. The smallest absolute Gasteiger partial charge is 0.338 e. The van der Waals surface area contributed by atoms with Gasteiger partial charge in [-0.2, -0.15) is 0 Å². The monoisotopic (exact) mass is 429 g/mol. The third-order valence-corrected chi connectivity index (χ3v) is 5.70. The number of esters is 2. The Morgan fingerprint density at radius 2 is 1.84 bits per heavy atom. The molecule has 1 fully saturated rings. The minimum Gasteiger partial charge on any atom is -0.466 e. The summed E-state index contributed by atoms with van der Waals surface area (Å²) in [5.41, 5.74) is 1.83. The number of piperidine rings is 1. The molecule has 3 rings (SSSR count). The second-order valence-corrected chi connectivity index (χ2v) is 7.76. The zero-order valence-corrected chi connectivity index (χ0v) is 18.4. The van der Waals surface area contributed by atoms with Crippen molar-refractivity contribution in [2.45, 2.75) is 32.7 Å². The number of rotatable bonds is 7. The maximum Gasteiger partial charge on any atom is 0.338 e. The van der Waals surface area contributed by atoms with Gasteiger partial charge in [-0.05, 0) is 38.8 Å². The van der Waals surface area contributed by atoms with E-state index in [1.807, 2.05) is 30.3 Å². The standard InChI is InChI=1S/C23H31N3O5/c1-4-30-21(27)17-12-9-13-26(14-17)15-18-19(22(28)31-5-2)20(24-23(29)25(18)3)16-10-7-6-8-11-16/h6-8,10-11,17,20H,4-5,9,12-15H2,1-3H3,(H,24,29)/t17-,20+/m1/s1. The minimum absolute atomic E-state index is 0.191. The predicted octanol–water partition coefficient (Wildman–Crippen LogP) is 2.48. The average Bonchev–Trinajstić information content (AvgIpc) is 2.78. The van der Waals surface area contributed by atoms with Gasteiger partial charge in [-0.15, -0.1) is 0 Å². The highest BCUT2D eigenvalue weighted by molar-refractivity contribution is 5.95. The molecule has 2 heterocycles. The Labute approximate surface area is 183 Å². The van der Waals surface area contributed by atoms with Crippen LogP contribution in [0, 0.1) is 5.92 Å². The highest BCUT2D eigenvalue weighted by atomic mass is 16.5. The molecule has 31 heavy (non-hydrogen) atoms. The lowest BCUT2D eigenvalue weighted by atomic mass is 9.93. The SMILES string of the molecule is CCOC(=O)C1=C(CN2CCC[C@@H](C(=O)OCC)C2)N(C)C(=O)N[C@H]1c1ccccc1. The maximum atomic E-state index is 13.0. The van der Waals surface area contributed by atoms with Crippen molar-refractivity contribution in [3.63, 3.8) is 0 Å². The Hall–Kier alpha value is -2.87. The lowest BCUT2D eigenvalue weighted by Gasteiger charge is -2.38. The van der Waals surface area contributed by atoms with Crippen LogP contribution >= 0.6 is 0 Å². The molecule has 8 nitrogen and oxygen atoms in total. The fourth-order valence-electron chi connectivity index (χ4n) is 4.16. The molecule has 2 atom stereocenters. The van der Waals surface area contributed by atoms with Gasteiger partial charge in [-0.25, -0.2) is 9.59 Å². The van der Waals surface area contributed by atoms with Crippen molar-refractivity contribution in [3.05, 3.63) is 47.2 Å². The van der Waals surface area contributed by atoms with Gasteiger partial charge in [-0.1, -0.05) is 30.3 Å². The van der Waals surface area contributed by atoms with Gasteiger partial charge in [0.15, 0.2) is 0 Å². The second kappa shape index (κ2) is 10.4. The molecule has 0 unspecified atom stereocenters. The number of benzene rings is 1. The van der Waals surface area contributed by atoms with Crippen LogP contribution in [-0.4, -0.2) is 67.7 Å². The van der Waals surface area contributed by atoms with Gasteiger partial charge in [0.25, 0.3) is 0 Å². The highest BCUT2D eigenvalue weighted by Crippen LogP contribution is 2.32. The highest BCUT2D eigenvalue weighted by Gasteiger charge is 2.38. The van der Waals surface area contributed by atoms with E-state index in [0.29, 0.717) is 31.0 Å². The van der Waals surface area contributed by atoms with Crippen LogP contribution in [0.25, 0.3) is 0 Å². The van der Waals surface area contributed by atoms with Crippen molar-refractivity contribution in [1.29, 1.82) is 0 Å². The number of hydrogen-bond donors (Lipinski definition) is 1. The van der Waals surface area contributed by atoms with Crippen LogP contribution in [0.2, 0.25) is 0 Å². The fourth-order valence-corrected chi connectivity index (χ4v) is 4.16. The van der Waals surface area contributed by atoms with E-state index in [9.17, 15) is 14.4 Å². The van der Waals surface area contributed by atoms with Gasteiger partial charge in [0, 0.05) is 25.8 Å². The van der Waals surface area contributed by atoms with Crippen molar-refractivity contribution in [1.82, 2.24) is 15.1 Å². The molecule has 0 aliphatic carbocycles. The summed E-state index contributed by atoms with van der Waals surface area (Å²) in [6.45, 7) is 5.84. The van der Waals surface area contributed by atoms with E-state index in [0.717, 1.165) is 24.9 Å². The van der Waals surface area contributed by atoms with E-state index in [4.69, 9.17) is 9.47 Å². The van der Waals surface area contributed by atoms with E-state index in [1.165, 1.54) is 4.90 Å². The van der Waals surface area contributed by atoms with Gasteiger partial charge in [-0.3, -0.25) is 14.6 Å². The Kier molecular flexibility index (Phi) is 7.68. The van der Waals surface area contributed by atoms with Gasteiger partial charge < -0.3 is 14.8 Å². The molecule has 0 saturated carbocycles. The molecule has 1 aromatic carbocycles. The third-order valence-electron chi connectivity index (χ3n) is 5.70. The lowest BCUT2D eigenvalue weighted by Crippen LogP contribution is -2.50. The molecule has 8 heteroatoms. The number of amides is 2. The molecule has 0 bridgehead atoms. The molecule has 0 spiro atoms. The van der Waals surface area contributed by atoms with E-state index < -0.39 is 12.0 Å². The maximum absolute atomic E-state index is 13.0. The van der Waals surface area contributed by atoms with Gasteiger partial charge >= 0.3 is 18.0 Å². The van der Waals surface area contributed by atoms with Crippen LogP contribution in [0.5, 0.6) is 0 Å². The van der Waals surface area contributed by atoms with Crippen LogP contribution in [-0.2, 0) is 19.1 Å². The van der Waals surface area contributed by atoms with Crippen LogP contribution in [0.3, 0.4) is 0 Å². The molecule has 1 aromatic rings. The van der Waals surface area contributed by atoms with E-state index in [1.54, 1.807) is 20.9 Å². The van der Waals surface area contributed by atoms with Crippen LogP contribution in [0.1, 0.15) is 38.3 Å². The zero-order chi connectivity index (χ0) is 22.4. The first-order valence-electron chi connectivity index (χ1n) is 10.8. The first-order chi connectivity index (χ1) is 15.0. The first kappa shape index (κ1) is 22.8. The summed E-state index contributed by atoms with van der Waals surface area (Å²) in [5, 5.41) is 2.92. The number of carbonyl (C=O) groups is 3. The van der Waals surface area contributed by atoms with Gasteiger partial charge in [0.05, 0.1) is 30.7 Å². The summed E-state index contributed by atoms with van der Waals surface area (Å²) in [4.78, 5) is 41.6. The van der Waals surface area contributed by atoms with Crippen molar-refractivity contribution in [2.75, 3.05) is 39.9 Å². The Bertz CT molecular complexity index is 839. The summed E-state index contributed by atoms with van der Waals surface area (Å²) in [6.07, 6.45) is 1.63. The molecular formula is C23H31N3O5.